The van der Waals surface area contributed by atoms with Crippen molar-refractivity contribution in [3.05, 3.63) is 205 Å². The number of ketones is 2. The van der Waals surface area contributed by atoms with E-state index in [9.17, 15) is 22.4 Å². The van der Waals surface area contributed by atoms with E-state index in [-0.39, 0.29) is 22.3 Å². The van der Waals surface area contributed by atoms with Crippen molar-refractivity contribution in [2.75, 3.05) is 16.9 Å². The quantitative estimate of drug-likeness (QED) is 0.106. The van der Waals surface area contributed by atoms with Crippen LogP contribution in [0.25, 0.3) is 55.8 Å². The molecule has 7 heterocycles. The molecule has 342 valence electrons. The van der Waals surface area contributed by atoms with Crippen LogP contribution in [0.1, 0.15) is 45.7 Å². The smallest absolute Gasteiger partial charge is 0.177 e. The zero-order chi connectivity index (χ0) is 48.1. The summed E-state index contributed by atoms with van der Waals surface area (Å²) < 4.78 is 41.5. The fourth-order valence-corrected chi connectivity index (χ4v) is 8.41. The molecule has 0 atom stereocenters. The number of carbonyl (C=O) groups is 2. The summed E-state index contributed by atoms with van der Waals surface area (Å²) in [6.07, 6.45) is 14.3. The van der Waals surface area contributed by atoms with Gasteiger partial charge in [0.05, 0.1) is 38.7 Å². The molecule has 0 bridgehead atoms. The van der Waals surface area contributed by atoms with Crippen LogP contribution >= 0.6 is 0 Å². The van der Waals surface area contributed by atoms with Gasteiger partial charge in [0.25, 0.3) is 0 Å². The maximum absolute atomic E-state index is 14.0. The minimum absolute atomic E-state index is 0.0384. The summed E-state index contributed by atoms with van der Waals surface area (Å²) >= 11 is 0. The van der Waals surface area contributed by atoms with Crippen LogP contribution in [0.2, 0.25) is 0 Å². The number of pyridine rings is 3. The zero-order valence-electron chi connectivity index (χ0n) is 37.7. The second-order valence-corrected chi connectivity index (χ2v) is 18.4. The number of hydrogen-bond donors (Lipinski definition) is 2. The first-order valence-electron chi connectivity index (χ1n) is 21.8. The number of rotatable bonds is 13. The van der Waals surface area contributed by atoms with E-state index in [1.165, 1.54) is 32.2 Å². The molecule has 0 aliphatic rings. The minimum Gasteiger partial charge on any atom is -0.379 e. The summed E-state index contributed by atoms with van der Waals surface area (Å²) in [7, 11) is -3.42. The van der Waals surface area contributed by atoms with Gasteiger partial charge in [-0.1, -0.05) is 72.8 Å². The van der Waals surface area contributed by atoms with Crippen LogP contribution in [0, 0.1) is 5.82 Å². The van der Waals surface area contributed by atoms with E-state index in [0.29, 0.717) is 41.2 Å². The molecule has 0 amide bonds. The number of hydrogen-bond acceptors (Lipinski definition) is 11. The van der Waals surface area contributed by atoms with Gasteiger partial charge >= 0.3 is 0 Å². The van der Waals surface area contributed by atoms with Crippen LogP contribution in [0.5, 0.6) is 0 Å². The highest BCUT2D eigenvalue weighted by Crippen LogP contribution is 2.36. The number of nitrogens with zero attached hydrogens (tertiary/aromatic N) is 7. The van der Waals surface area contributed by atoms with E-state index in [2.05, 4.69) is 37.7 Å². The van der Waals surface area contributed by atoms with Crippen molar-refractivity contribution in [3.8, 4) is 44.8 Å². The van der Waals surface area contributed by atoms with Crippen LogP contribution < -0.4 is 10.6 Å². The normalized spacial score (nSPS) is 11.2. The third-order valence-corrected chi connectivity index (χ3v) is 12.4. The first kappa shape index (κ1) is 45.5. The molecule has 0 radical (unpaired) electrons. The average molecular weight is 934 g/mol. The number of fused-ring (bicyclic) bond motifs is 2. The molecule has 13 nitrogen and oxygen atoms in total. The highest BCUT2D eigenvalue weighted by Gasteiger charge is 2.18. The largest absolute Gasteiger partial charge is 0.379 e. The molecular weight excluding hydrogens is 890 g/mol. The maximum Gasteiger partial charge on any atom is 0.177 e. The Kier molecular flexibility index (Phi) is 12.9. The van der Waals surface area contributed by atoms with Gasteiger partial charge in [0.15, 0.2) is 21.4 Å². The third-order valence-electron chi connectivity index (χ3n) is 11.4. The molecule has 0 fully saturated rings. The number of anilines is 2. The van der Waals surface area contributed by atoms with Gasteiger partial charge < -0.3 is 10.6 Å². The molecule has 7 aromatic heterocycles. The molecule has 0 aliphatic carbocycles. The van der Waals surface area contributed by atoms with E-state index < -0.39 is 9.84 Å². The Morgan fingerprint density at radius 2 is 1.01 bits per heavy atom. The van der Waals surface area contributed by atoms with E-state index in [1.807, 2.05) is 91.1 Å². The number of aromatic nitrogens is 7. The molecule has 15 heteroatoms. The Balaban J connectivity index is 0.000000172. The number of nitrogens with one attached hydrogen (secondary N) is 2. The Morgan fingerprint density at radius 1 is 0.536 bits per heavy atom. The number of Topliss-reactive ketones (excluding diaryl/α,β-unsaturated/α-hetero) is 2. The molecule has 10 aromatic rings. The van der Waals surface area contributed by atoms with E-state index in [4.69, 9.17) is 10.2 Å². The van der Waals surface area contributed by atoms with Gasteiger partial charge in [-0.2, -0.15) is 10.2 Å². The lowest BCUT2D eigenvalue weighted by Gasteiger charge is -2.13. The number of benzene rings is 3. The highest BCUT2D eigenvalue weighted by atomic mass is 32.2. The summed E-state index contributed by atoms with van der Waals surface area (Å²) in [5, 5.41) is 16.5. The van der Waals surface area contributed by atoms with Crippen LogP contribution in [-0.2, 0) is 22.9 Å². The third kappa shape index (κ3) is 10.3. The molecule has 0 saturated carbocycles. The molecule has 0 saturated heterocycles. The lowest BCUT2D eigenvalue weighted by molar-refractivity contribution is 0.100. The first-order chi connectivity index (χ1) is 33.4. The molecule has 10 rings (SSSR count). The number of sulfone groups is 1. The van der Waals surface area contributed by atoms with Crippen molar-refractivity contribution in [2.45, 2.75) is 31.8 Å². The predicted molar refractivity (Wildman–Crippen MR) is 266 cm³/mol. The number of carbonyl (C=O) groups excluding carboxylic acids is 2. The zero-order valence-corrected chi connectivity index (χ0v) is 38.5. The lowest BCUT2D eigenvalue weighted by Crippen LogP contribution is -2.05. The Bertz CT molecular complexity index is 3640. The molecule has 0 spiro atoms. The molecule has 69 heavy (non-hydrogen) atoms. The van der Waals surface area contributed by atoms with E-state index >= 15 is 0 Å². The van der Waals surface area contributed by atoms with Gasteiger partial charge in [-0.15, -0.1) is 0 Å². The summed E-state index contributed by atoms with van der Waals surface area (Å²) in [5.41, 5.74) is 12.5. The van der Waals surface area contributed by atoms with Crippen LogP contribution in [0.15, 0.2) is 182 Å². The summed E-state index contributed by atoms with van der Waals surface area (Å²) in [4.78, 5) is 36.6. The SMILES string of the molecule is CC(=O)c1cncc(-c2cc(NCc3ccccc3)c3c(-c4cncc(C(C)=O)c4)ccn3n2)c1.CS(=O)(=O)c1cncc(-c2cc(NCc3ccccc3)c3c(-c4cccc(F)c4)ccn3n2)c1. The summed E-state index contributed by atoms with van der Waals surface area (Å²) in [5.74, 6) is -0.406. The summed E-state index contributed by atoms with van der Waals surface area (Å²) in [6, 6.07) is 39.4. The Morgan fingerprint density at radius 3 is 1.52 bits per heavy atom. The molecule has 2 N–H and O–H groups in total. The molecule has 0 unspecified atom stereocenters. The fraction of sp³-hybridized carbons (Fsp3) is 0.0926. The Hall–Kier alpha value is -8.69. The topological polar surface area (TPSA) is 166 Å². The average Bonchev–Trinajstić information content (AvgIpc) is 4.01. The minimum atomic E-state index is -3.42. The van der Waals surface area contributed by atoms with Gasteiger partial charge in [-0.3, -0.25) is 24.5 Å². The van der Waals surface area contributed by atoms with Gasteiger partial charge in [-0.05, 0) is 85.1 Å². The lowest BCUT2D eigenvalue weighted by atomic mass is 10.0. The van der Waals surface area contributed by atoms with Gasteiger partial charge in [-0.25, -0.2) is 21.8 Å². The standard InChI is InChI=1S/C28H23N5O2.C26H21FN4O2S/c1-18(34)21-10-23(16-29-14-21)25-8-9-33-28(25)27(31-13-20-6-4-3-5-7-20)12-26(32-33)24-11-22(19(2)35)15-30-17-24;1-34(32,33)22-13-20(16-28-17-22)24-14-25(29-15-18-6-3-2-4-7-18)26-23(10-11-31(26)30-24)19-8-5-9-21(27)12-19/h3-12,14-17,31H,13H2,1-2H3;2-14,16-17,29H,15H2,1H3. The van der Waals surface area contributed by atoms with Crippen molar-refractivity contribution in [1.29, 1.82) is 0 Å². The number of halogens is 1. The van der Waals surface area contributed by atoms with E-state index in [1.54, 1.807) is 64.4 Å². The first-order valence-corrected chi connectivity index (χ1v) is 23.7. The van der Waals surface area contributed by atoms with Gasteiger partial charge in [0.2, 0.25) is 0 Å². The van der Waals surface area contributed by atoms with Crippen molar-refractivity contribution in [3.63, 3.8) is 0 Å². The Labute approximate surface area is 397 Å². The summed E-state index contributed by atoms with van der Waals surface area (Å²) in [6.45, 7) is 4.23. The maximum atomic E-state index is 14.0. The van der Waals surface area contributed by atoms with Crippen molar-refractivity contribution >= 4 is 43.8 Å². The van der Waals surface area contributed by atoms with Crippen molar-refractivity contribution in [2.24, 2.45) is 0 Å². The van der Waals surface area contributed by atoms with Crippen molar-refractivity contribution in [1.82, 2.24) is 34.2 Å². The van der Waals surface area contributed by atoms with Gasteiger partial charge in [0, 0.05) is 108 Å². The van der Waals surface area contributed by atoms with Crippen molar-refractivity contribution < 1.29 is 22.4 Å². The molecule has 3 aromatic carbocycles. The highest BCUT2D eigenvalue weighted by molar-refractivity contribution is 7.90. The predicted octanol–water partition coefficient (Wildman–Crippen LogP) is 10.7. The van der Waals surface area contributed by atoms with E-state index in [0.717, 1.165) is 67.6 Å². The second kappa shape index (κ2) is 19.6. The van der Waals surface area contributed by atoms with Crippen LogP contribution in [-0.4, -0.2) is 60.4 Å². The molecule has 0 aliphatic heterocycles. The van der Waals surface area contributed by atoms with Crippen LogP contribution in [0.4, 0.5) is 15.8 Å². The molecular formula is C54H44FN9O4S. The second-order valence-electron chi connectivity index (χ2n) is 16.3. The van der Waals surface area contributed by atoms with Gasteiger partial charge in [0.1, 0.15) is 5.82 Å². The fourth-order valence-electron chi connectivity index (χ4n) is 7.82. The van der Waals surface area contributed by atoms with Crippen LogP contribution in [0.3, 0.4) is 0 Å². The monoisotopic (exact) mass is 933 g/mol.